The van der Waals surface area contributed by atoms with Gasteiger partial charge in [-0.05, 0) is 65.2 Å². The van der Waals surface area contributed by atoms with E-state index >= 15 is 0 Å². The average molecular weight is 569 g/mol. The Balaban J connectivity index is 0.00000155. The van der Waals surface area contributed by atoms with Crippen LogP contribution < -0.4 is 25.8 Å². The largest absolute Gasteiger partial charge is 0.497 e. The van der Waals surface area contributed by atoms with E-state index in [0.29, 0.717) is 28.3 Å². The van der Waals surface area contributed by atoms with Crippen molar-refractivity contribution in [1.29, 1.82) is 5.41 Å². The second kappa shape index (κ2) is 15.2. The number of methoxy groups -OCH3 is 2. The van der Waals surface area contributed by atoms with E-state index in [0.717, 1.165) is 11.1 Å². The summed E-state index contributed by atoms with van der Waals surface area (Å²) in [7, 11) is 3.18. The summed E-state index contributed by atoms with van der Waals surface area (Å²) in [6.45, 7) is -0.250. The molecule has 10 nitrogen and oxygen atoms in total. The van der Waals surface area contributed by atoms with Crippen LogP contribution in [0.1, 0.15) is 34.2 Å². The lowest BCUT2D eigenvalue weighted by molar-refractivity contribution is -0.129. The monoisotopic (exact) mass is 568 g/mol. The minimum absolute atomic E-state index is 0.0717. The minimum atomic E-state index is -1.13. The standard InChI is InChI=1S/C31H30N4O4.CH2O2/c1-38-25-16-10-21(11-17-25)28(22-12-18-26(39-2)19-13-22)35-31(37)27(20-6-4-3-5-7-20)30(36)34-24-14-8-23(9-15-24)29(32)33;2-1-3/h3-19,27-28H,1-2H3,(H3,32,33)(H,34,36)(H,35,37);1H,(H,2,3). The molecule has 4 aromatic rings. The summed E-state index contributed by atoms with van der Waals surface area (Å²) in [6.07, 6.45) is 0. The maximum absolute atomic E-state index is 13.9. The molecule has 0 spiro atoms. The lowest BCUT2D eigenvalue weighted by atomic mass is 9.94. The van der Waals surface area contributed by atoms with Crippen molar-refractivity contribution in [3.05, 3.63) is 125 Å². The van der Waals surface area contributed by atoms with Gasteiger partial charge in [-0.3, -0.25) is 19.8 Å². The summed E-state index contributed by atoms with van der Waals surface area (Å²) in [6, 6.07) is 29.7. The number of nitrogen functional groups attached to an aromatic ring is 1. The zero-order chi connectivity index (χ0) is 30.5. The van der Waals surface area contributed by atoms with Crippen LogP contribution in [-0.4, -0.2) is 43.4 Å². The number of nitrogens with one attached hydrogen (secondary N) is 3. The molecule has 0 bridgehead atoms. The van der Waals surface area contributed by atoms with E-state index in [1.807, 2.05) is 54.6 Å². The number of hydrogen-bond donors (Lipinski definition) is 5. The number of rotatable bonds is 10. The summed E-state index contributed by atoms with van der Waals surface area (Å²) in [5.74, 6) is -0.768. The van der Waals surface area contributed by atoms with E-state index in [9.17, 15) is 9.59 Å². The molecule has 2 amide bonds. The molecule has 4 rings (SSSR count). The first-order valence-electron chi connectivity index (χ1n) is 12.8. The fraction of sp³-hybridized carbons (Fsp3) is 0.125. The van der Waals surface area contributed by atoms with Gasteiger partial charge in [-0.2, -0.15) is 0 Å². The van der Waals surface area contributed by atoms with Gasteiger partial charge in [0.25, 0.3) is 6.47 Å². The molecule has 0 aliphatic carbocycles. The third-order valence-corrected chi connectivity index (χ3v) is 6.31. The van der Waals surface area contributed by atoms with Crippen molar-refractivity contribution in [3.63, 3.8) is 0 Å². The Labute approximate surface area is 243 Å². The molecule has 1 atom stereocenters. The van der Waals surface area contributed by atoms with Gasteiger partial charge in [-0.1, -0.05) is 54.6 Å². The second-order valence-electron chi connectivity index (χ2n) is 8.92. The smallest absolute Gasteiger partial charge is 0.290 e. The number of amidine groups is 1. The van der Waals surface area contributed by atoms with Crippen molar-refractivity contribution in [1.82, 2.24) is 5.32 Å². The van der Waals surface area contributed by atoms with Gasteiger partial charge in [-0.15, -0.1) is 0 Å². The van der Waals surface area contributed by atoms with Crippen LogP contribution in [0.2, 0.25) is 0 Å². The van der Waals surface area contributed by atoms with Gasteiger partial charge in [0.15, 0.2) is 0 Å². The summed E-state index contributed by atoms with van der Waals surface area (Å²) < 4.78 is 10.6. The van der Waals surface area contributed by atoms with Crippen LogP contribution in [0.3, 0.4) is 0 Å². The van der Waals surface area contributed by atoms with Crippen molar-refractivity contribution in [2.45, 2.75) is 12.0 Å². The Kier molecular flexibility index (Phi) is 11.2. The first-order valence-corrected chi connectivity index (χ1v) is 12.8. The molecule has 216 valence electrons. The number of ether oxygens (including phenoxy) is 2. The summed E-state index contributed by atoms with van der Waals surface area (Å²) in [5.41, 5.74) is 8.75. The highest BCUT2D eigenvalue weighted by atomic mass is 16.5. The fourth-order valence-electron chi connectivity index (χ4n) is 4.19. The molecule has 42 heavy (non-hydrogen) atoms. The topological polar surface area (TPSA) is 164 Å². The molecule has 0 aliphatic heterocycles. The van der Waals surface area contributed by atoms with Crippen molar-refractivity contribution >= 4 is 29.8 Å². The molecule has 0 saturated carbocycles. The van der Waals surface area contributed by atoms with E-state index in [2.05, 4.69) is 10.6 Å². The Morgan fingerprint density at radius 3 is 1.67 bits per heavy atom. The number of benzene rings is 4. The van der Waals surface area contributed by atoms with Crippen LogP contribution in [0, 0.1) is 5.41 Å². The Hall–Kier alpha value is -5.64. The van der Waals surface area contributed by atoms with Crippen LogP contribution in [0.4, 0.5) is 5.69 Å². The number of hydrogen-bond acceptors (Lipinski definition) is 6. The number of carbonyl (C=O) groups is 3. The summed E-state index contributed by atoms with van der Waals surface area (Å²) in [4.78, 5) is 35.7. The van der Waals surface area contributed by atoms with E-state index < -0.39 is 23.8 Å². The van der Waals surface area contributed by atoms with Crippen LogP contribution in [0.25, 0.3) is 0 Å². The predicted molar refractivity (Wildman–Crippen MR) is 160 cm³/mol. The SMILES string of the molecule is COc1ccc(C(NC(=O)C(C(=O)Nc2ccc(C(=N)N)cc2)c2ccccc2)c2ccc(OC)cc2)cc1.O=CO. The first kappa shape index (κ1) is 30.9. The molecule has 0 heterocycles. The molecule has 10 heteroatoms. The Morgan fingerprint density at radius 1 is 0.762 bits per heavy atom. The van der Waals surface area contributed by atoms with Gasteiger partial charge in [0.05, 0.1) is 20.3 Å². The number of carboxylic acid groups (broad SMARTS) is 1. The average Bonchev–Trinajstić information content (AvgIpc) is 3.01. The molecule has 0 radical (unpaired) electrons. The Morgan fingerprint density at radius 2 is 1.24 bits per heavy atom. The van der Waals surface area contributed by atoms with E-state index in [-0.39, 0.29) is 12.3 Å². The third-order valence-electron chi connectivity index (χ3n) is 6.31. The molecule has 6 N–H and O–H groups in total. The van der Waals surface area contributed by atoms with E-state index in [1.165, 1.54) is 0 Å². The molecule has 0 aromatic heterocycles. The minimum Gasteiger partial charge on any atom is -0.497 e. The lowest BCUT2D eigenvalue weighted by Crippen LogP contribution is -2.39. The van der Waals surface area contributed by atoms with Crippen molar-refractivity contribution in [2.24, 2.45) is 5.73 Å². The van der Waals surface area contributed by atoms with Crippen molar-refractivity contribution in [3.8, 4) is 11.5 Å². The molecule has 4 aromatic carbocycles. The molecular weight excluding hydrogens is 536 g/mol. The van der Waals surface area contributed by atoms with Gasteiger partial charge < -0.3 is 30.9 Å². The van der Waals surface area contributed by atoms with Crippen LogP contribution in [0.15, 0.2) is 103 Å². The van der Waals surface area contributed by atoms with E-state index in [4.69, 9.17) is 30.5 Å². The highest BCUT2D eigenvalue weighted by Crippen LogP contribution is 2.28. The third kappa shape index (κ3) is 8.18. The Bertz CT molecular complexity index is 1430. The van der Waals surface area contributed by atoms with Crippen LogP contribution in [-0.2, 0) is 14.4 Å². The quantitative estimate of drug-likeness (QED) is 0.0823. The zero-order valence-corrected chi connectivity index (χ0v) is 23.1. The normalized spacial score (nSPS) is 10.8. The number of amides is 2. The first-order chi connectivity index (χ1) is 20.3. The molecule has 0 fully saturated rings. The highest BCUT2D eigenvalue weighted by molar-refractivity contribution is 6.11. The van der Waals surface area contributed by atoms with Gasteiger partial charge in [0, 0.05) is 11.3 Å². The van der Waals surface area contributed by atoms with Crippen molar-refractivity contribution in [2.75, 3.05) is 19.5 Å². The van der Waals surface area contributed by atoms with Crippen LogP contribution >= 0.6 is 0 Å². The summed E-state index contributed by atoms with van der Waals surface area (Å²) in [5, 5.41) is 20.4. The van der Waals surface area contributed by atoms with Crippen molar-refractivity contribution < 1.29 is 29.0 Å². The number of anilines is 1. The van der Waals surface area contributed by atoms with E-state index in [1.54, 1.807) is 62.8 Å². The number of nitrogens with two attached hydrogens (primary N) is 1. The highest BCUT2D eigenvalue weighted by Gasteiger charge is 2.31. The molecule has 0 saturated heterocycles. The zero-order valence-electron chi connectivity index (χ0n) is 23.1. The van der Waals surface area contributed by atoms with Gasteiger partial charge in [0.1, 0.15) is 23.3 Å². The summed E-state index contributed by atoms with van der Waals surface area (Å²) >= 11 is 0. The van der Waals surface area contributed by atoms with Crippen LogP contribution in [0.5, 0.6) is 11.5 Å². The molecule has 1 unspecified atom stereocenters. The maximum Gasteiger partial charge on any atom is 0.290 e. The second-order valence-corrected chi connectivity index (χ2v) is 8.92. The predicted octanol–water partition coefficient (Wildman–Crippen LogP) is 4.32. The molecular formula is C32H32N4O6. The lowest BCUT2D eigenvalue weighted by Gasteiger charge is -2.24. The fourth-order valence-corrected chi connectivity index (χ4v) is 4.19. The van der Waals surface area contributed by atoms with Gasteiger partial charge in [0.2, 0.25) is 11.8 Å². The van der Waals surface area contributed by atoms with Gasteiger partial charge in [-0.25, -0.2) is 0 Å². The van der Waals surface area contributed by atoms with Gasteiger partial charge >= 0.3 is 0 Å². The number of carbonyl (C=O) groups excluding carboxylic acids is 2. The maximum atomic E-state index is 13.9. The molecule has 0 aliphatic rings.